The van der Waals surface area contributed by atoms with Gasteiger partial charge in [0.15, 0.2) is 0 Å². The third-order valence-electron chi connectivity index (χ3n) is 4.60. The van der Waals surface area contributed by atoms with Crippen molar-refractivity contribution >= 4 is 5.91 Å². The maximum atomic E-state index is 12.2. The molecule has 0 atom stereocenters. The van der Waals surface area contributed by atoms with Gasteiger partial charge in [-0.3, -0.25) is 4.79 Å². The van der Waals surface area contributed by atoms with Crippen molar-refractivity contribution in [1.82, 2.24) is 4.90 Å². The summed E-state index contributed by atoms with van der Waals surface area (Å²) in [5.41, 5.74) is 5.59. The second-order valence-electron chi connectivity index (χ2n) is 6.02. The van der Waals surface area contributed by atoms with Crippen molar-refractivity contribution in [2.24, 2.45) is 17.6 Å². The summed E-state index contributed by atoms with van der Waals surface area (Å²) in [6.07, 6.45) is 6.67. The Morgan fingerprint density at radius 1 is 1.26 bits per heavy atom. The Hall–Kier alpha value is -0.610. The molecule has 1 aliphatic heterocycles. The van der Waals surface area contributed by atoms with E-state index in [1.807, 2.05) is 6.92 Å². The lowest BCUT2D eigenvalue weighted by atomic mass is 9.79. The number of piperidine rings is 1. The molecule has 0 bridgehead atoms. The van der Waals surface area contributed by atoms with E-state index in [0.717, 1.165) is 70.7 Å². The van der Waals surface area contributed by atoms with Gasteiger partial charge in [0.05, 0.1) is 6.10 Å². The van der Waals surface area contributed by atoms with E-state index in [9.17, 15) is 4.79 Å². The summed E-state index contributed by atoms with van der Waals surface area (Å²) in [5, 5.41) is 0. The van der Waals surface area contributed by atoms with E-state index in [0.29, 0.717) is 17.9 Å². The first-order valence-corrected chi connectivity index (χ1v) is 7.82. The van der Waals surface area contributed by atoms with Gasteiger partial charge in [-0.05, 0) is 57.4 Å². The van der Waals surface area contributed by atoms with Crippen LogP contribution >= 0.6 is 0 Å². The van der Waals surface area contributed by atoms with Gasteiger partial charge in [-0.2, -0.15) is 0 Å². The molecule has 19 heavy (non-hydrogen) atoms. The highest BCUT2D eigenvalue weighted by atomic mass is 16.5. The number of ether oxygens (including phenoxy) is 1. The minimum absolute atomic E-state index is 0.353. The zero-order chi connectivity index (χ0) is 13.7. The molecule has 4 nitrogen and oxygen atoms in total. The molecule has 0 spiro atoms. The first-order valence-electron chi connectivity index (χ1n) is 7.82. The average molecular weight is 268 g/mol. The highest BCUT2D eigenvalue weighted by molar-refractivity contribution is 5.76. The summed E-state index contributed by atoms with van der Waals surface area (Å²) in [4.78, 5) is 14.2. The van der Waals surface area contributed by atoms with Gasteiger partial charge in [-0.1, -0.05) is 0 Å². The lowest BCUT2D eigenvalue weighted by Gasteiger charge is -2.37. The van der Waals surface area contributed by atoms with Crippen LogP contribution in [-0.4, -0.2) is 43.2 Å². The molecule has 0 aromatic heterocycles. The topological polar surface area (TPSA) is 55.6 Å². The second-order valence-corrected chi connectivity index (χ2v) is 6.02. The molecule has 0 aromatic rings. The highest BCUT2D eigenvalue weighted by Crippen LogP contribution is 2.33. The summed E-state index contributed by atoms with van der Waals surface area (Å²) in [6.45, 7) is 5.47. The van der Waals surface area contributed by atoms with Gasteiger partial charge in [0.2, 0.25) is 5.91 Å². The Morgan fingerprint density at radius 2 is 1.95 bits per heavy atom. The molecule has 2 fully saturated rings. The standard InChI is InChI=1S/C15H28N2O2/c1-2-19-14-9-13(10-14)11-15(18)17-7-4-12(3-6-16)5-8-17/h12-14H,2-11,16H2,1H3. The average Bonchev–Trinajstić information content (AvgIpc) is 2.37. The van der Waals surface area contributed by atoms with Crippen molar-refractivity contribution in [3.8, 4) is 0 Å². The molecule has 0 radical (unpaired) electrons. The fourth-order valence-corrected chi connectivity index (χ4v) is 3.30. The Kier molecular flexibility index (Phi) is 5.64. The predicted octanol–water partition coefficient (Wildman–Crippen LogP) is 1.78. The molecule has 1 saturated carbocycles. The zero-order valence-electron chi connectivity index (χ0n) is 12.1. The molecule has 110 valence electrons. The molecule has 0 unspecified atom stereocenters. The lowest BCUT2D eigenvalue weighted by Crippen LogP contribution is -2.41. The molecule has 1 heterocycles. The van der Waals surface area contributed by atoms with Gasteiger partial charge in [-0.15, -0.1) is 0 Å². The van der Waals surface area contributed by atoms with Crippen LogP contribution in [0, 0.1) is 11.8 Å². The lowest BCUT2D eigenvalue weighted by molar-refractivity contribution is -0.135. The fourth-order valence-electron chi connectivity index (χ4n) is 3.30. The Balaban J connectivity index is 1.63. The summed E-state index contributed by atoms with van der Waals surface area (Å²) >= 11 is 0. The molecule has 2 N–H and O–H groups in total. The first kappa shape index (κ1) is 14.8. The molecule has 1 amide bonds. The van der Waals surface area contributed by atoms with Crippen molar-refractivity contribution < 1.29 is 9.53 Å². The quantitative estimate of drug-likeness (QED) is 0.799. The first-order chi connectivity index (χ1) is 9.22. The minimum atomic E-state index is 0.353. The number of nitrogens with zero attached hydrogens (tertiary/aromatic N) is 1. The van der Waals surface area contributed by atoms with Crippen LogP contribution in [0.2, 0.25) is 0 Å². The van der Waals surface area contributed by atoms with E-state index in [1.54, 1.807) is 0 Å². The summed E-state index contributed by atoms with van der Waals surface area (Å²) in [5.74, 6) is 1.65. The van der Waals surface area contributed by atoms with Crippen LogP contribution in [0.15, 0.2) is 0 Å². The molecule has 0 aromatic carbocycles. The SMILES string of the molecule is CCOC1CC(CC(=O)N2CCC(CCN)CC2)C1. The number of likely N-dealkylation sites (tertiary alicyclic amines) is 1. The second kappa shape index (κ2) is 7.25. The van der Waals surface area contributed by atoms with Crippen LogP contribution in [0.25, 0.3) is 0 Å². The van der Waals surface area contributed by atoms with Crippen LogP contribution in [-0.2, 0) is 9.53 Å². The van der Waals surface area contributed by atoms with Crippen LogP contribution in [0.3, 0.4) is 0 Å². The van der Waals surface area contributed by atoms with E-state index in [-0.39, 0.29) is 0 Å². The van der Waals surface area contributed by atoms with E-state index < -0.39 is 0 Å². The van der Waals surface area contributed by atoms with E-state index >= 15 is 0 Å². The number of hydrogen-bond acceptors (Lipinski definition) is 3. The number of hydrogen-bond donors (Lipinski definition) is 1. The van der Waals surface area contributed by atoms with Gasteiger partial charge in [0, 0.05) is 26.1 Å². The van der Waals surface area contributed by atoms with Crippen molar-refractivity contribution in [3.05, 3.63) is 0 Å². The van der Waals surface area contributed by atoms with Crippen molar-refractivity contribution in [2.75, 3.05) is 26.2 Å². The third kappa shape index (κ3) is 4.18. The van der Waals surface area contributed by atoms with Crippen LogP contribution in [0.5, 0.6) is 0 Å². The van der Waals surface area contributed by atoms with Crippen molar-refractivity contribution in [1.29, 1.82) is 0 Å². The maximum Gasteiger partial charge on any atom is 0.222 e. The number of amides is 1. The molecule has 4 heteroatoms. The molecule has 2 aliphatic rings. The predicted molar refractivity (Wildman–Crippen MR) is 75.7 cm³/mol. The largest absolute Gasteiger partial charge is 0.378 e. The Labute approximate surface area is 116 Å². The van der Waals surface area contributed by atoms with Crippen molar-refractivity contribution in [3.63, 3.8) is 0 Å². The molecule has 1 saturated heterocycles. The van der Waals surface area contributed by atoms with Gasteiger partial charge in [0.1, 0.15) is 0 Å². The number of nitrogens with two attached hydrogens (primary N) is 1. The van der Waals surface area contributed by atoms with Crippen LogP contribution in [0.1, 0.15) is 45.4 Å². The molecular formula is C15H28N2O2. The fraction of sp³-hybridized carbons (Fsp3) is 0.933. The third-order valence-corrected chi connectivity index (χ3v) is 4.60. The summed E-state index contributed by atoms with van der Waals surface area (Å²) in [6, 6.07) is 0. The molecule has 1 aliphatic carbocycles. The monoisotopic (exact) mass is 268 g/mol. The van der Waals surface area contributed by atoms with E-state index in [1.165, 1.54) is 0 Å². The number of carbonyl (C=O) groups is 1. The van der Waals surface area contributed by atoms with Gasteiger partial charge in [0.25, 0.3) is 0 Å². The maximum absolute atomic E-state index is 12.2. The zero-order valence-corrected chi connectivity index (χ0v) is 12.1. The van der Waals surface area contributed by atoms with Crippen LogP contribution in [0.4, 0.5) is 0 Å². The smallest absolute Gasteiger partial charge is 0.222 e. The number of rotatable bonds is 6. The van der Waals surface area contributed by atoms with Crippen molar-refractivity contribution in [2.45, 2.75) is 51.6 Å². The van der Waals surface area contributed by atoms with Crippen LogP contribution < -0.4 is 5.73 Å². The number of carbonyl (C=O) groups excluding carboxylic acids is 1. The molecule has 2 rings (SSSR count). The minimum Gasteiger partial charge on any atom is -0.378 e. The molecular weight excluding hydrogens is 240 g/mol. The normalized spacial score (nSPS) is 28.2. The Morgan fingerprint density at radius 3 is 2.53 bits per heavy atom. The Bertz CT molecular complexity index is 282. The van der Waals surface area contributed by atoms with E-state index in [2.05, 4.69) is 4.90 Å². The van der Waals surface area contributed by atoms with Gasteiger partial charge < -0.3 is 15.4 Å². The van der Waals surface area contributed by atoms with Gasteiger partial charge in [-0.25, -0.2) is 0 Å². The van der Waals surface area contributed by atoms with E-state index in [4.69, 9.17) is 10.5 Å². The summed E-state index contributed by atoms with van der Waals surface area (Å²) in [7, 11) is 0. The van der Waals surface area contributed by atoms with Gasteiger partial charge >= 0.3 is 0 Å². The highest BCUT2D eigenvalue weighted by Gasteiger charge is 2.33. The summed E-state index contributed by atoms with van der Waals surface area (Å²) < 4.78 is 5.54.